The summed E-state index contributed by atoms with van der Waals surface area (Å²) >= 11 is 1.53. The van der Waals surface area contributed by atoms with Crippen molar-refractivity contribution in [3.8, 4) is 0 Å². The molecule has 0 radical (unpaired) electrons. The summed E-state index contributed by atoms with van der Waals surface area (Å²) in [5, 5.41) is 1.94. The van der Waals surface area contributed by atoms with Crippen LogP contribution >= 0.6 is 11.3 Å². The fourth-order valence-corrected chi connectivity index (χ4v) is 5.20. The van der Waals surface area contributed by atoms with Crippen molar-refractivity contribution in [2.45, 2.75) is 19.4 Å². The summed E-state index contributed by atoms with van der Waals surface area (Å²) in [6.07, 6.45) is 5.08. The molecular formula is C25H27N3O3S. The highest BCUT2D eigenvalue weighted by atomic mass is 32.1. The normalized spacial score (nSPS) is 17.9. The number of benzene rings is 1. The molecule has 0 unspecified atom stereocenters. The van der Waals surface area contributed by atoms with Gasteiger partial charge in [0.25, 0.3) is 11.8 Å². The van der Waals surface area contributed by atoms with Gasteiger partial charge in [0.1, 0.15) is 0 Å². The monoisotopic (exact) mass is 449 g/mol. The van der Waals surface area contributed by atoms with Crippen molar-refractivity contribution in [1.82, 2.24) is 9.80 Å². The van der Waals surface area contributed by atoms with Gasteiger partial charge in [-0.2, -0.15) is 0 Å². The Morgan fingerprint density at radius 3 is 2.59 bits per heavy atom. The molecular weight excluding hydrogens is 422 g/mol. The smallest absolute Gasteiger partial charge is 0.264 e. The second kappa shape index (κ2) is 9.53. The maximum atomic E-state index is 13.3. The number of hydrogen-bond acceptors (Lipinski definition) is 5. The first kappa shape index (κ1) is 22.0. The fraction of sp³-hybridized carbons (Fsp3) is 0.320. The van der Waals surface area contributed by atoms with Crippen molar-refractivity contribution in [2.24, 2.45) is 5.92 Å². The van der Waals surface area contributed by atoms with Crippen LogP contribution < -0.4 is 4.90 Å². The van der Waals surface area contributed by atoms with Crippen LogP contribution in [0.5, 0.6) is 0 Å². The molecule has 3 heterocycles. The number of rotatable bonds is 8. The number of amides is 3. The van der Waals surface area contributed by atoms with Gasteiger partial charge in [-0.15, -0.1) is 24.5 Å². The van der Waals surface area contributed by atoms with Gasteiger partial charge >= 0.3 is 0 Å². The Morgan fingerprint density at radius 1 is 1.12 bits per heavy atom. The lowest BCUT2D eigenvalue weighted by molar-refractivity contribution is -0.134. The second-order valence-corrected chi connectivity index (χ2v) is 9.11. The van der Waals surface area contributed by atoms with E-state index >= 15 is 0 Å². The Balaban J connectivity index is 1.57. The summed E-state index contributed by atoms with van der Waals surface area (Å²) in [4.78, 5) is 45.5. The summed E-state index contributed by atoms with van der Waals surface area (Å²) < 4.78 is 0. The molecule has 1 fully saturated rings. The minimum Gasteiger partial charge on any atom is -0.370 e. The van der Waals surface area contributed by atoms with Crippen LogP contribution in [0.4, 0.5) is 5.69 Å². The predicted octanol–water partition coefficient (Wildman–Crippen LogP) is 3.96. The van der Waals surface area contributed by atoms with Crippen molar-refractivity contribution in [3.05, 3.63) is 77.0 Å². The Kier molecular flexibility index (Phi) is 6.55. The van der Waals surface area contributed by atoms with Crippen molar-refractivity contribution in [2.75, 3.05) is 31.1 Å². The molecule has 166 valence electrons. The maximum Gasteiger partial charge on any atom is 0.264 e. The Morgan fingerprint density at radius 2 is 1.91 bits per heavy atom. The molecule has 1 aromatic heterocycles. The molecule has 1 saturated heterocycles. The topological polar surface area (TPSA) is 60.9 Å². The first-order chi connectivity index (χ1) is 15.5. The number of carbonyl (C=O) groups is 3. The van der Waals surface area contributed by atoms with E-state index in [-0.39, 0.29) is 30.2 Å². The van der Waals surface area contributed by atoms with Gasteiger partial charge in [-0.3, -0.25) is 19.3 Å². The Hall–Kier alpha value is -3.19. The van der Waals surface area contributed by atoms with E-state index in [9.17, 15) is 14.4 Å². The molecule has 6 nitrogen and oxygen atoms in total. The molecule has 0 N–H and O–H groups in total. The Bertz CT molecular complexity index is 1040. The highest BCUT2D eigenvalue weighted by Crippen LogP contribution is 2.35. The molecule has 1 atom stereocenters. The van der Waals surface area contributed by atoms with E-state index in [1.54, 1.807) is 23.1 Å². The first-order valence-corrected chi connectivity index (χ1v) is 11.7. The maximum absolute atomic E-state index is 13.3. The number of fused-ring (bicyclic) bond motifs is 1. The molecule has 0 saturated carbocycles. The molecule has 32 heavy (non-hydrogen) atoms. The van der Waals surface area contributed by atoms with Crippen molar-refractivity contribution in [1.29, 1.82) is 0 Å². The number of carbonyl (C=O) groups excluding carboxylic acids is 3. The van der Waals surface area contributed by atoms with Crippen LogP contribution in [0.2, 0.25) is 0 Å². The number of imide groups is 1. The van der Waals surface area contributed by atoms with Crippen LogP contribution in [0, 0.1) is 5.92 Å². The van der Waals surface area contributed by atoms with E-state index in [2.05, 4.69) is 18.1 Å². The Labute approximate surface area is 192 Å². The van der Waals surface area contributed by atoms with E-state index in [0.29, 0.717) is 30.8 Å². The molecule has 0 aliphatic carbocycles. The van der Waals surface area contributed by atoms with Gasteiger partial charge in [0, 0.05) is 31.1 Å². The van der Waals surface area contributed by atoms with Crippen LogP contribution in [0.3, 0.4) is 0 Å². The zero-order valence-corrected chi connectivity index (χ0v) is 18.9. The minimum atomic E-state index is -0.262. The number of piperidine rings is 1. The van der Waals surface area contributed by atoms with Gasteiger partial charge in [0.2, 0.25) is 5.91 Å². The van der Waals surface area contributed by atoms with Crippen LogP contribution in [0.25, 0.3) is 0 Å². The number of nitrogens with zero attached hydrogens (tertiary/aromatic N) is 3. The average molecular weight is 450 g/mol. The number of hydrogen-bond donors (Lipinski definition) is 0. The van der Waals surface area contributed by atoms with Gasteiger partial charge in [0.05, 0.1) is 29.3 Å². The van der Waals surface area contributed by atoms with Crippen LogP contribution in [-0.4, -0.2) is 53.7 Å². The second-order valence-electron chi connectivity index (χ2n) is 8.08. The van der Waals surface area contributed by atoms with E-state index in [1.165, 1.54) is 16.2 Å². The molecule has 3 amide bonds. The average Bonchev–Trinajstić information content (AvgIpc) is 3.41. The van der Waals surface area contributed by atoms with E-state index in [0.717, 1.165) is 30.0 Å². The summed E-state index contributed by atoms with van der Waals surface area (Å²) in [5.41, 5.74) is 1.64. The van der Waals surface area contributed by atoms with Crippen molar-refractivity contribution in [3.63, 3.8) is 0 Å². The molecule has 7 heteroatoms. The largest absolute Gasteiger partial charge is 0.370 e. The minimum absolute atomic E-state index is 0.0730. The number of thiophene rings is 1. The molecule has 1 aromatic carbocycles. The molecule has 0 bridgehead atoms. The molecule has 4 rings (SSSR count). The SMILES string of the molecule is C=CCN(CC=C)C(=O)[C@H]1CCCN(c2cccc3c2C(=O)N(Cc2cccs2)C3=O)C1. The van der Waals surface area contributed by atoms with E-state index in [4.69, 9.17) is 0 Å². The lowest BCUT2D eigenvalue weighted by Crippen LogP contribution is -2.45. The quantitative estimate of drug-likeness (QED) is 0.452. The van der Waals surface area contributed by atoms with Gasteiger partial charge < -0.3 is 9.80 Å². The molecule has 2 aliphatic rings. The lowest BCUT2D eigenvalue weighted by Gasteiger charge is -2.36. The van der Waals surface area contributed by atoms with Gasteiger partial charge in [-0.25, -0.2) is 0 Å². The van der Waals surface area contributed by atoms with E-state index in [1.807, 2.05) is 29.6 Å². The van der Waals surface area contributed by atoms with Gasteiger partial charge in [0.15, 0.2) is 0 Å². The van der Waals surface area contributed by atoms with Crippen LogP contribution in [-0.2, 0) is 11.3 Å². The molecule has 0 spiro atoms. The van der Waals surface area contributed by atoms with Crippen LogP contribution in [0.15, 0.2) is 61.0 Å². The third-order valence-electron chi connectivity index (χ3n) is 5.99. The third-order valence-corrected chi connectivity index (χ3v) is 6.85. The van der Waals surface area contributed by atoms with Gasteiger partial charge in [-0.1, -0.05) is 24.3 Å². The van der Waals surface area contributed by atoms with Crippen LogP contribution in [0.1, 0.15) is 38.4 Å². The highest BCUT2D eigenvalue weighted by molar-refractivity contribution is 7.09. The first-order valence-electron chi connectivity index (χ1n) is 10.8. The fourth-order valence-electron chi connectivity index (χ4n) is 4.50. The summed E-state index contributed by atoms with van der Waals surface area (Å²) in [7, 11) is 0. The standard InChI is InChI=1S/C25H27N3O3S/c1-3-12-26(13-4-2)23(29)18-8-6-14-27(16-18)21-11-5-10-20-22(21)25(31)28(24(20)30)17-19-9-7-15-32-19/h3-5,7,9-11,15,18H,1-2,6,8,12-14,16-17H2/t18-/m0/s1. The summed E-state index contributed by atoms with van der Waals surface area (Å²) in [6, 6.07) is 9.26. The van der Waals surface area contributed by atoms with Crippen molar-refractivity contribution >= 4 is 34.7 Å². The zero-order chi connectivity index (χ0) is 22.7. The predicted molar refractivity (Wildman–Crippen MR) is 127 cm³/mol. The lowest BCUT2D eigenvalue weighted by atomic mass is 9.94. The van der Waals surface area contributed by atoms with Gasteiger partial charge in [-0.05, 0) is 36.4 Å². The molecule has 2 aromatic rings. The third kappa shape index (κ3) is 4.12. The summed E-state index contributed by atoms with van der Waals surface area (Å²) in [5.74, 6) is -0.617. The summed E-state index contributed by atoms with van der Waals surface area (Å²) in [6.45, 7) is 10.0. The highest BCUT2D eigenvalue weighted by Gasteiger charge is 2.39. The van der Waals surface area contributed by atoms with E-state index < -0.39 is 0 Å². The number of anilines is 1. The zero-order valence-electron chi connectivity index (χ0n) is 18.0. The molecule has 2 aliphatic heterocycles. The van der Waals surface area contributed by atoms with Crippen molar-refractivity contribution < 1.29 is 14.4 Å².